The smallest absolute Gasteiger partial charge is 0.159 e. The molecule has 0 aliphatic rings. The van der Waals surface area contributed by atoms with E-state index in [9.17, 15) is 9.59 Å². The Morgan fingerprint density at radius 3 is 1.19 bits per heavy atom. The summed E-state index contributed by atoms with van der Waals surface area (Å²) in [6.45, 7) is 7.42. The largest absolute Gasteiger partial charge is 0.295 e. The van der Waals surface area contributed by atoms with Gasteiger partial charge in [-0.05, 0) is 25.0 Å². The van der Waals surface area contributed by atoms with Crippen LogP contribution in [0.5, 0.6) is 0 Å². The number of carbonyl (C=O) groups is 2. The molecule has 0 heterocycles. The standard InChI is InChI=1S/C19H20O2/c1-13(20)15-5-9-17(10-6-15)19(3,4)18-11-7-16(8-12-18)14(2)21/h5-12H,1-4H3. The predicted molar refractivity (Wildman–Crippen MR) is 85.0 cm³/mol. The molecule has 0 amide bonds. The minimum atomic E-state index is -0.176. The zero-order valence-electron chi connectivity index (χ0n) is 12.9. The third kappa shape index (κ3) is 3.10. The molecule has 0 aromatic heterocycles. The molecule has 0 saturated carbocycles. The zero-order chi connectivity index (χ0) is 15.6. The summed E-state index contributed by atoms with van der Waals surface area (Å²) in [5.74, 6) is 0.148. The van der Waals surface area contributed by atoms with E-state index in [2.05, 4.69) is 13.8 Å². The second-order valence-corrected chi connectivity index (χ2v) is 5.89. The van der Waals surface area contributed by atoms with Gasteiger partial charge in [0.2, 0.25) is 0 Å². The molecule has 108 valence electrons. The van der Waals surface area contributed by atoms with Gasteiger partial charge >= 0.3 is 0 Å². The zero-order valence-corrected chi connectivity index (χ0v) is 12.9. The van der Waals surface area contributed by atoms with Gasteiger partial charge in [-0.25, -0.2) is 0 Å². The molecule has 2 aromatic rings. The number of hydrogen-bond donors (Lipinski definition) is 0. The van der Waals surface area contributed by atoms with Gasteiger partial charge in [-0.2, -0.15) is 0 Å². The van der Waals surface area contributed by atoms with Gasteiger partial charge in [0.1, 0.15) is 0 Å². The maximum atomic E-state index is 11.3. The first-order valence-electron chi connectivity index (χ1n) is 7.05. The van der Waals surface area contributed by atoms with Crippen molar-refractivity contribution in [3.63, 3.8) is 0 Å². The molecule has 21 heavy (non-hydrogen) atoms. The Labute approximate surface area is 125 Å². The van der Waals surface area contributed by atoms with Crippen LogP contribution in [0.15, 0.2) is 48.5 Å². The minimum Gasteiger partial charge on any atom is -0.295 e. The van der Waals surface area contributed by atoms with Crippen molar-refractivity contribution in [2.45, 2.75) is 33.1 Å². The van der Waals surface area contributed by atoms with Gasteiger partial charge in [0.05, 0.1) is 0 Å². The van der Waals surface area contributed by atoms with E-state index in [4.69, 9.17) is 0 Å². The van der Waals surface area contributed by atoms with E-state index in [1.54, 1.807) is 13.8 Å². The van der Waals surface area contributed by atoms with E-state index in [0.29, 0.717) is 0 Å². The Bertz CT molecular complexity index is 602. The molecule has 0 aliphatic carbocycles. The van der Waals surface area contributed by atoms with Crippen molar-refractivity contribution in [3.05, 3.63) is 70.8 Å². The van der Waals surface area contributed by atoms with E-state index in [1.165, 1.54) is 0 Å². The molecule has 0 saturated heterocycles. The maximum absolute atomic E-state index is 11.3. The first-order chi connectivity index (χ1) is 9.82. The first-order valence-corrected chi connectivity index (χ1v) is 7.05. The fraction of sp³-hybridized carbons (Fsp3) is 0.263. The third-order valence-corrected chi connectivity index (χ3v) is 4.03. The van der Waals surface area contributed by atoms with Gasteiger partial charge in [-0.3, -0.25) is 9.59 Å². The molecule has 0 radical (unpaired) electrons. The highest BCUT2D eigenvalue weighted by molar-refractivity contribution is 5.94. The third-order valence-electron chi connectivity index (χ3n) is 4.03. The number of benzene rings is 2. The molecule has 0 aliphatic heterocycles. The Hall–Kier alpha value is -2.22. The molecular formula is C19H20O2. The van der Waals surface area contributed by atoms with Crippen molar-refractivity contribution in [1.29, 1.82) is 0 Å². The highest BCUT2D eigenvalue weighted by atomic mass is 16.1. The maximum Gasteiger partial charge on any atom is 0.159 e. The fourth-order valence-electron chi connectivity index (χ4n) is 2.41. The van der Waals surface area contributed by atoms with E-state index in [0.717, 1.165) is 22.3 Å². The van der Waals surface area contributed by atoms with Crippen molar-refractivity contribution in [2.75, 3.05) is 0 Å². The molecule has 0 fully saturated rings. The summed E-state index contributed by atoms with van der Waals surface area (Å²) in [7, 11) is 0. The molecule has 0 bridgehead atoms. The van der Waals surface area contributed by atoms with Crippen molar-refractivity contribution in [2.24, 2.45) is 0 Å². The van der Waals surface area contributed by atoms with Crippen LogP contribution in [0, 0.1) is 0 Å². The summed E-state index contributed by atoms with van der Waals surface area (Å²) in [4.78, 5) is 22.7. The van der Waals surface area contributed by atoms with Crippen LogP contribution in [0.25, 0.3) is 0 Å². The SMILES string of the molecule is CC(=O)c1ccc(C(C)(C)c2ccc(C(C)=O)cc2)cc1. The predicted octanol–water partition coefficient (Wildman–Crippen LogP) is 4.42. The average molecular weight is 280 g/mol. The normalized spacial score (nSPS) is 11.2. The van der Waals surface area contributed by atoms with Gasteiger partial charge in [0.15, 0.2) is 11.6 Å². The number of rotatable bonds is 4. The molecule has 0 unspecified atom stereocenters. The van der Waals surface area contributed by atoms with Crippen LogP contribution in [0.2, 0.25) is 0 Å². The Morgan fingerprint density at radius 2 is 0.952 bits per heavy atom. The lowest BCUT2D eigenvalue weighted by Crippen LogP contribution is -2.19. The topological polar surface area (TPSA) is 34.1 Å². The Kier molecular flexibility index (Phi) is 4.08. The van der Waals surface area contributed by atoms with E-state index < -0.39 is 0 Å². The van der Waals surface area contributed by atoms with Gasteiger partial charge in [0, 0.05) is 16.5 Å². The van der Waals surface area contributed by atoms with E-state index >= 15 is 0 Å². The molecule has 0 N–H and O–H groups in total. The lowest BCUT2D eigenvalue weighted by molar-refractivity contribution is 0.100. The second-order valence-electron chi connectivity index (χ2n) is 5.89. The Balaban J connectivity index is 2.36. The molecule has 0 atom stereocenters. The number of Topliss-reactive ketones (excluding diaryl/α,β-unsaturated/α-hetero) is 2. The molecule has 2 rings (SSSR count). The Morgan fingerprint density at radius 1 is 0.667 bits per heavy atom. The highest BCUT2D eigenvalue weighted by Gasteiger charge is 2.23. The highest BCUT2D eigenvalue weighted by Crippen LogP contribution is 2.31. The fourth-order valence-corrected chi connectivity index (χ4v) is 2.41. The number of ketones is 2. The quantitative estimate of drug-likeness (QED) is 0.777. The van der Waals surface area contributed by atoms with E-state index in [1.807, 2.05) is 48.5 Å². The van der Waals surface area contributed by atoms with Crippen LogP contribution < -0.4 is 0 Å². The van der Waals surface area contributed by atoms with Crippen LogP contribution in [-0.4, -0.2) is 11.6 Å². The number of carbonyl (C=O) groups excluding carboxylic acids is 2. The lowest BCUT2D eigenvalue weighted by Gasteiger charge is -2.26. The summed E-state index contributed by atoms with van der Waals surface area (Å²) in [5, 5.41) is 0. The van der Waals surface area contributed by atoms with Crippen molar-refractivity contribution in [3.8, 4) is 0 Å². The summed E-state index contributed by atoms with van der Waals surface area (Å²) in [6, 6.07) is 15.4. The van der Waals surface area contributed by atoms with E-state index in [-0.39, 0.29) is 17.0 Å². The van der Waals surface area contributed by atoms with Gasteiger partial charge in [-0.1, -0.05) is 62.4 Å². The first kappa shape index (κ1) is 15.2. The monoisotopic (exact) mass is 280 g/mol. The molecule has 2 aromatic carbocycles. The number of hydrogen-bond acceptors (Lipinski definition) is 2. The van der Waals surface area contributed by atoms with Crippen LogP contribution in [0.4, 0.5) is 0 Å². The van der Waals surface area contributed by atoms with Crippen molar-refractivity contribution >= 4 is 11.6 Å². The lowest BCUT2D eigenvalue weighted by atomic mass is 9.77. The van der Waals surface area contributed by atoms with Crippen LogP contribution in [0.3, 0.4) is 0 Å². The minimum absolute atomic E-state index is 0.0742. The summed E-state index contributed by atoms with van der Waals surface area (Å²) in [6.07, 6.45) is 0. The van der Waals surface area contributed by atoms with Gasteiger partial charge in [0.25, 0.3) is 0 Å². The summed E-state index contributed by atoms with van der Waals surface area (Å²) < 4.78 is 0. The van der Waals surface area contributed by atoms with Gasteiger partial charge < -0.3 is 0 Å². The summed E-state index contributed by atoms with van der Waals surface area (Å²) >= 11 is 0. The van der Waals surface area contributed by atoms with Crippen LogP contribution in [0.1, 0.15) is 59.5 Å². The molecule has 2 heteroatoms. The molecule has 0 spiro atoms. The van der Waals surface area contributed by atoms with Crippen LogP contribution in [-0.2, 0) is 5.41 Å². The average Bonchev–Trinajstić information content (AvgIpc) is 2.47. The molecular weight excluding hydrogens is 260 g/mol. The summed E-state index contributed by atoms with van der Waals surface area (Å²) in [5.41, 5.74) is 3.55. The van der Waals surface area contributed by atoms with Crippen molar-refractivity contribution in [1.82, 2.24) is 0 Å². The second kappa shape index (κ2) is 5.65. The van der Waals surface area contributed by atoms with Crippen LogP contribution >= 0.6 is 0 Å². The van der Waals surface area contributed by atoms with Gasteiger partial charge in [-0.15, -0.1) is 0 Å². The van der Waals surface area contributed by atoms with Crippen molar-refractivity contribution < 1.29 is 9.59 Å². The molecule has 2 nitrogen and oxygen atoms in total.